The highest BCUT2D eigenvalue weighted by molar-refractivity contribution is 8.00. The van der Waals surface area contributed by atoms with E-state index in [0.29, 0.717) is 56.9 Å². The lowest BCUT2D eigenvalue weighted by Crippen LogP contribution is -2.25. The number of anilines is 1. The molecule has 9 heteroatoms. The van der Waals surface area contributed by atoms with Gasteiger partial charge in [0.2, 0.25) is 11.7 Å². The number of hydrogen-bond acceptors (Lipinski definition) is 8. The van der Waals surface area contributed by atoms with Gasteiger partial charge in [-0.1, -0.05) is 55.1 Å². The summed E-state index contributed by atoms with van der Waals surface area (Å²) in [5.41, 5.74) is 3.21. The second-order valence-electron chi connectivity index (χ2n) is 8.35. The van der Waals surface area contributed by atoms with Crippen molar-refractivity contribution >= 4 is 23.5 Å². The number of amides is 1. The molecule has 4 rings (SSSR count). The molecule has 1 atom stereocenters. The van der Waals surface area contributed by atoms with Gasteiger partial charge in [-0.05, 0) is 42.3 Å². The fourth-order valence-corrected chi connectivity index (χ4v) is 5.06. The van der Waals surface area contributed by atoms with E-state index in [0.717, 1.165) is 5.56 Å². The smallest absolute Gasteiger partial charge is 0.239 e. The van der Waals surface area contributed by atoms with Gasteiger partial charge in [-0.15, -0.1) is 0 Å². The van der Waals surface area contributed by atoms with Crippen LogP contribution in [0.5, 0.6) is 17.2 Å². The molecule has 0 fully saturated rings. The van der Waals surface area contributed by atoms with E-state index in [4.69, 9.17) is 19.2 Å². The van der Waals surface area contributed by atoms with Crippen LogP contribution in [0, 0.1) is 11.3 Å². The number of nitrogens with one attached hydrogen (secondary N) is 1. The summed E-state index contributed by atoms with van der Waals surface area (Å²) in [4.78, 5) is 22.2. The number of rotatable bonds is 10. The summed E-state index contributed by atoms with van der Waals surface area (Å²) >= 11 is 1.25. The number of nitrogens with zero attached hydrogens (tertiary/aromatic N) is 3. The summed E-state index contributed by atoms with van der Waals surface area (Å²) in [6.45, 7) is 1.92. The molecule has 0 bridgehead atoms. The fourth-order valence-electron chi connectivity index (χ4n) is 4.04. The van der Waals surface area contributed by atoms with Crippen LogP contribution in [0.1, 0.15) is 18.9 Å². The Hall–Kier alpha value is -4.55. The summed E-state index contributed by atoms with van der Waals surface area (Å²) in [5.74, 6) is 1.62. The molecule has 0 aliphatic carbocycles. The number of thioether (sulfide) groups is 1. The highest BCUT2D eigenvalue weighted by atomic mass is 32.2. The summed E-state index contributed by atoms with van der Waals surface area (Å²) in [6.07, 6.45) is 2.14. The van der Waals surface area contributed by atoms with Crippen LogP contribution in [0.4, 0.5) is 5.82 Å². The normalized spacial score (nSPS) is 11.3. The third kappa shape index (κ3) is 6.13. The van der Waals surface area contributed by atoms with E-state index >= 15 is 0 Å². The maximum absolute atomic E-state index is 13.2. The molecular weight excluding hydrogens is 512 g/mol. The number of methoxy groups -OCH3 is 3. The number of nitriles is 1. The molecule has 0 saturated carbocycles. The van der Waals surface area contributed by atoms with Gasteiger partial charge in [0.15, 0.2) is 11.5 Å². The van der Waals surface area contributed by atoms with Gasteiger partial charge in [0.05, 0.1) is 37.8 Å². The molecule has 0 aliphatic heterocycles. The number of carbonyl (C=O) groups excluding carboxylic acids is 1. The van der Waals surface area contributed by atoms with E-state index < -0.39 is 5.25 Å². The SMILES string of the molecule is CCC(Sc1nc(-c2ccccc2)cc(-c2cc(OC)c(OC)c(OC)c2)c1C#N)C(=O)Nc1ccccn1. The third-order valence-electron chi connectivity index (χ3n) is 5.98. The van der Waals surface area contributed by atoms with Crippen molar-refractivity contribution in [2.24, 2.45) is 0 Å². The summed E-state index contributed by atoms with van der Waals surface area (Å²) in [5, 5.41) is 13.1. The molecule has 0 saturated heterocycles. The molecule has 198 valence electrons. The van der Waals surface area contributed by atoms with Crippen LogP contribution >= 0.6 is 11.8 Å². The third-order valence-corrected chi connectivity index (χ3v) is 7.33. The zero-order valence-corrected chi connectivity index (χ0v) is 22.9. The molecule has 2 heterocycles. The number of aromatic nitrogens is 2. The Morgan fingerprint density at radius 3 is 2.23 bits per heavy atom. The number of pyridine rings is 2. The van der Waals surface area contributed by atoms with Crippen LogP contribution < -0.4 is 19.5 Å². The van der Waals surface area contributed by atoms with E-state index in [9.17, 15) is 10.1 Å². The molecule has 2 aromatic carbocycles. The molecule has 1 N–H and O–H groups in total. The Kier molecular flexibility index (Phi) is 9.02. The van der Waals surface area contributed by atoms with Crippen molar-refractivity contribution in [2.75, 3.05) is 26.6 Å². The molecule has 0 aliphatic rings. The molecular formula is C30H28N4O4S. The molecule has 1 unspecified atom stereocenters. The first kappa shape index (κ1) is 27.5. The Bertz CT molecular complexity index is 1470. The summed E-state index contributed by atoms with van der Waals surface area (Å²) in [7, 11) is 4.62. The van der Waals surface area contributed by atoms with Crippen molar-refractivity contribution in [3.8, 4) is 45.7 Å². The minimum absolute atomic E-state index is 0.216. The van der Waals surface area contributed by atoms with E-state index in [1.165, 1.54) is 18.9 Å². The van der Waals surface area contributed by atoms with Crippen LogP contribution in [-0.2, 0) is 4.79 Å². The number of carbonyl (C=O) groups is 1. The minimum Gasteiger partial charge on any atom is -0.493 e. The van der Waals surface area contributed by atoms with Crippen LogP contribution in [-0.4, -0.2) is 42.5 Å². The van der Waals surface area contributed by atoms with E-state index in [2.05, 4.69) is 16.4 Å². The van der Waals surface area contributed by atoms with Crippen LogP contribution in [0.25, 0.3) is 22.4 Å². The van der Waals surface area contributed by atoms with Gasteiger partial charge >= 0.3 is 0 Å². The second-order valence-corrected chi connectivity index (χ2v) is 9.54. The standard InChI is InChI=1S/C30H28N4O4S/c1-5-26(29(35)34-27-13-9-10-14-32-27)39-30-22(18-31)21(17-23(33-30)19-11-7-6-8-12-19)20-15-24(36-2)28(38-4)25(16-20)37-3/h6-17,26H,5H2,1-4H3,(H,32,34,35). The molecule has 8 nitrogen and oxygen atoms in total. The fraction of sp³-hybridized carbons (Fsp3) is 0.200. The Balaban J connectivity index is 1.85. The zero-order valence-electron chi connectivity index (χ0n) is 22.1. The topological polar surface area (TPSA) is 106 Å². The van der Waals surface area contributed by atoms with E-state index in [1.54, 1.807) is 50.7 Å². The van der Waals surface area contributed by atoms with Crippen LogP contribution in [0.3, 0.4) is 0 Å². The van der Waals surface area contributed by atoms with Crippen molar-refractivity contribution in [3.05, 3.63) is 78.5 Å². The van der Waals surface area contributed by atoms with Gasteiger partial charge in [0.1, 0.15) is 16.9 Å². The maximum Gasteiger partial charge on any atom is 0.239 e. The van der Waals surface area contributed by atoms with Crippen molar-refractivity contribution in [2.45, 2.75) is 23.6 Å². The Morgan fingerprint density at radius 2 is 1.67 bits per heavy atom. The van der Waals surface area contributed by atoms with Crippen molar-refractivity contribution in [1.82, 2.24) is 9.97 Å². The molecule has 0 radical (unpaired) electrons. The van der Waals surface area contributed by atoms with Crippen molar-refractivity contribution < 1.29 is 19.0 Å². The van der Waals surface area contributed by atoms with Crippen LogP contribution in [0.15, 0.2) is 78.0 Å². The monoisotopic (exact) mass is 540 g/mol. The molecule has 1 amide bonds. The minimum atomic E-state index is -0.509. The lowest BCUT2D eigenvalue weighted by atomic mass is 9.98. The average molecular weight is 541 g/mol. The summed E-state index contributed by atoms with van der Waals surface area (Å²) < 4.78 is 16.6. The van der Waals surface area contributed by atoms with Gasteiger partial charge in [-0.25, -0.2) is 9.97 Å². The lowest BCUT2D eigenvalue weighted by molar-refractivity contribution is -0.115. The van der Waals surface area contributed by atoms with Gasteiger partial charge in [0.25, 0.3) is 0 Å². The van der Waals surface area contributed by atoms with Crippen molar-refractivity contribution in [1.29, 1.82) is 5.26 Å². The Labute approximate surface area is 232 Å². The second kappa shape index (κ2) is 12.8. The molecule has 2 aromatic heterocycles. The highest BCUT2D eigenvalue weighted by Gasteiger charge is 2.25. The Morgan fingerprint density at radius 1 is 0.974 bits per heavy atom. The van der Waals surface area contributed by atoms with Crippen molar-refractivity contribution in [3.63, 3.8) is 0 Å². The van der Waals surface area contributed by atoms with Gasteiger partial charge < -0.3 is 19.5 Å². The predicted octanol–water partition coefficient (Wildman–Crippen LogP) is 6.22. The quantitative estimate of drug-likeness (QED) is 0.236. The highest BCUT2D eigenvalue weighted by Crippen LogP contribution is 2.44. The van der Waals surface area contributed by atoms with Gasteiger partial charge in [-0.3, -0.25) is 4.79 Å². The number of benzene rings is 2. The number of ether oxygens (including phenoxy) is 3. The van der Waals surface area contributed by atoms with Crippen LogP contribution in [0.2, 0.25) is 0 Å². The van der Waals surface area contributed by atoms with E-state index in [1.807, 2.05) is 43.3 Å². The largest absolute Gasteiger partial charge is 0.493 e. The maximum atomic E-state index is 13.2. The van der Waals surface area contributed by atoms with Gasteiger partial charge in [-0.2, -0.15) is 5.26 Å². The lowest BCUT2D eigenvalue weighted by Gasteiger charge is -2.18. The first-order valence-electron chi connectivity index (χ1n) is 12.2. The average Bonchev–Trinajstić information content (AvgIpc) is 2.99. The molecule has 0 spiro atoms. The van der Waals surface area contributed by atoms with E-state index in [-0.39, 0.29) is 5.91 Å². The predicted molar refractivity (Wildman–Crippen MR) is 152 cm³/mol. The molecule has 4 aromatic rings. The zero-order chi connectivity index (χ0) is 27.8. The summed E-state index contributed by atoms with van der Waals surface area (Å²) in [6, 6.07) is 22.8. The van der Waals surface area contributed by atoms with Gasteiger partial charge in [0, 0.05) is 17.3 Å². The first-order chi connectivity index (χ1) is 19.0. The molecule has 39 heavy (non-hydrogen) atoms. The first-order valence-corrected chi connectivity index (χ1v) is 13.1. The number of hydrogen-bond donors (Lipinski definition) is 1.